The van der Waals surface area contributed by atoms with Crippen molar-refractivity contribution in [3.05, 3.63) is 59.2 Å². The average molecular weight is 412 g/mol. The highest BCUT2D eigenvalue weighted by Crippen LogP contribution is 2.21. The van der Waals surface area contributed by atoms with Crippen molar-refractivity contribution in [2.75, 3.05) is 32.8 Å². The fraction of sp³-hybridized carbons (Fsp3) is 0.381. The summed E-state index contributed by atoms with van der Waals surface area (Å²) in [5, 5.41) is 4.58. The summed E-state index contributed by atoms with van der Waals surface area (Å²) in [6, 6.07) is 13.8. The summed E-state index contributed by atoms with van der Waals surface area (Å²) < 4.78 is 13.0. The first-order chi connectivity index (χ1) is 14.2. The molecule has 1 fully saturated rings. The zero-order valence-electron chi connectivity index (χ0n) is 16.5. The van der Waals surface area contributed by atoms with E-state index in [2.05, 4.69) is 25.9 Å². The number of aromatic nitrogens is 3. The zero-order chi connectivity index (χ0) is 20.1. The van der Waals surface area contributed by atoms with Gasteiger partial charge in [0.05, 0.1) is 19.0 Å². The van der Waals surface area contributed by atoms with Crippen LogP contribution in [-0.2, 0) is 13.2 Å². The molecule has 4 rings (SSSR count). The number of rotatable bonds is 7. The fourth-order valence-electron chi connectivity index (χ4n) is 3.37. The minimum absolute atomic E-state index is 0.393. The van der Waals surface area contributed by atoms with E-state index in [1.54, 1.807) is 4.68 Å². The van der Waals surface area contributed by atoms with Gasteiger partial charge in [0, 0.05) is 44.5 Å². The maximum Gasteiger partial charge on any atom is 0.288 e. The van der Waals surface area contributed by atoms with Crippen LogP contribution in [0.2, 0.25) is 0 Å². The van der Waals surface area contributed by atoms with Crippen LogP contribution in [0.25, 0.3) is 11.5 Å². The van der Waals surface area contributed by atoms with E-state index in [9.17, 15) is 0 Å². The van der Waals surface area contributed by atoms with E-state index in [4.69, 9.17) is 21.4 Å². The van der Waals surface area contributed by atoms with Gasteiger partial charge in [-0.2, -0.15) is 0 Å². The zero-order valence-corrected chi connectivity index (χ0v) is 17.3. The van der Waals surface area contributed by atoms with Crippen LogP contribution >= 0.6 is 12.2 Å². The second-order valence-corrected chi connectivity index (χ2v) is 7.34. The molecule has 0 bridgehead atoms. The maximum absolute atomic E-state index is 5.72. The first-order valence-corrected chi connectivity index (χ1v) is 10.3. The van der Waals surface area contributed by atoms with Gasteiger partial charge in [0.2, 0.25) is 5.89 Å². The average Bonchev–Trinajstić information content (AvgIpc) is 3.11. The van der Waals surface area contributed by atoms with Crippen LogP contribution in [0.15, 0.2) is 53.1 Å². The number of ether oxygens (including phenoxy) is 1. The molecule has 0 radical (unpaired) electrons. The third-order valence-corrected chi connectivity index (χ3v) is 5.22. The van der Waals surface area contributed by atoms with E-state index < -0.39 is 0 Å². The van der Waals surface area contributed by atoms with Crippen LogP contribution in [0.5, 0.6) is 5.75 Å². The first kappa shape index (κ1) is 19.8. The molecule has 1 aromatic carbocycles. The quantitative estimate of drug-likeness (QED) is 0.552. The van der Waals surface area contributed by atoms with Gasteiger partial charge < -0.3 is 9.15 Å². The number of hydrogen-bond donors (Lipinski definition) is 0. The highest BCUT2D eigenvalue weighted by Gasteiger charge is 2.19. The molecule has 152 valence electrons. The maximum atomic E-state index is 5.72. The lowest BCUT2D eigenvalue weighted by Gasteiger charge is -2.34. The van der Waals surface area contributed by atoms with Crippen LogP contribution in [-0.4, -0.2) is 57.4 Å². The van der Waals surface area contributed by atoms with Gasteiger partial charge in [-0.15, -0.1) is 5.10 Å². The van der Waals surface area contributed by atoms with Gasteiger partial charge in [0.15, 0.2) is 0 Å². The normalized spacial score (nSPS) is 15.5. The lowest BCUT2D eigenvalue weighted by Crippen LogP contribution is -2.46. The molecule has 1 aliphatic rings. The van der Waals surface area contributed by atoms with E-state index in [0.29, 0.717) is 24.0 Å². The van der Waals surface area contributed by atoms with Crippen LogP contribution in [0.3, 0.4) is 0 Å². The van der Waals surface area contributed by atoms with Gasteiger partial charge in [-0.25, -0.2) is 4.68 Å². The molecular formula is C21H25N5O2S. The summed E-state index contributed by atoms with van der Waals surface area (Å²) >= 11 is 5.38. The van der Waals surface area contributed by atoms with Crippen molar-refractivity contribution in [2.24, 2.45) is 0 Å². The van der Waals surface area contributed by atoms with Gasteiger partial charge in [-0.1, -0.05) is 6.07 Å². The van der Waals surface area contributed by atoms with Crippen molar-refractivity contribution >= 4 is 12.2 Å². The highest BCUT2D eigenvalue weighted by atomic mass is 32.1. The van der Waals surface area contributed by atoms with Crippen LogP contribution in [0.4, 0.5) is 0 Å². The summed E-state index contributed by atoms with van der Waals surface area (Å²) in [4.78, 5) is 9.57. The molecule has 7 nitrogen and oxygen atoms in total. The molecule has 0 aliphatic carbocycles. The van der Waals surface area contributed by atoms with Crippen molar-refractivity contribution in [1.82, 2.24) is 24.6 Å². The molecular weight excluding hydrogens is 386 g/mol. The minimum Gasteiger partial charge on any atom is -0.494 e. The number of benzene rings is 1. The summed E-state index contributed by atoms with van der Waals surface area (Å²) in [6.07, 6.45) is 1.85. The van der Waals surface area contributed by atoms with Crippen LogP contribution in [0.1, 0.15) is 12.6 Å². The van der Waals surface area contributed by atoms with E-state index in [-0.39, 0.29) is 0 Å². The second-order valence-electron chi connectivity index (χ2n) is 6.99. The van der Waals surface area contributed by atoms with Crippen molar-refractivity contribution in [1.29, 1.82) is 0 Å². The lowest BCUT2D eigenvalue weighted by atomic mass is 10.2. The molecule has 0 spiro atoms. The first-order valence-electron chi connectivity index (χ1n) is 9.87. The fourth-order valence-corrected chi connectivity index (χ4v) is 3.55. The third kappa shape index (κ3) is 5.09. The van der Waals surface area contributed by atoms with E-state index in [1.807, 2.05) is 49.5 Å². The standard InChI is InChI=1S/C21H25N5O2S/c1-2-27-19-8-6-17(7-9-19)20-23-26(21(29)28-20)16-25-13-11-24(12-14-25)15-18-5-3-4-10-22-18/h3-10H,2,11-16H2,1H3. The number of pyridine rings is 1. The highest BCUT2D eigenvalue weighted by molar-refractivity contribution is 7.71. The van der Waals surface area contributed by atoms with E-state index >= 15 is 0 Å². The van der Waals surface area contributed by atoms with E-state index in [1.165, 1.54) is 0 Å². The Hall–Kier alpha value is -2.55. The lowest BCUT2D eigenvalue weighted by molar-refractivity contribution is 0.0966. The predicted molar refractivity (Wildman–Crippen MR) is 113 cm³/mol. The van der Waals surface area contributed by atoms with Gasteiger partial charge >= 0.3 is 0 Å². The molecule has 29 heavy (non-hydrogen) atoms. The van der Waals surface area contributed by atoms with Crippen molar-refractivity contribution in [3.8, 4) is 17.2 Å². The topological polar surface area (TPSA) is 59.6 Å². The largest absolute Gasteiger partial charge is 0.494 e. The Labute approximate surface area is 175 Å². The van der Waals surface area contributed by atoms with E-state index in [0.717, 1.165) is 49.7 Å². The van der Waals surface area contributed by atoms with Gasteiger partial charge in [0.25, 0.3) is 4.84 Å². The van der Waals surface area contributed by atoms with Gasteiger partial charge in [-0.3, -0.25) is 14.8 Å². The summed E-state index contributed by atoms with van der Waals surface area (Å²) in [5.41, 5.74) is 2.00. The third-order valence-electron chi connectivity index (χ3n) is 4.93. The minimum atomic E-state index is 0.393. The molecule has 2 aromatic heterocycles. The Morgan fingerprint density at radius 1 is 1.03 bits per heavy atom. The van der Waals surface area contributed by atoms with Crippen molar-refractivity contribution < 1.29 is 9.15 Å². The van der Waals surface area contributed by atoms with Crippen molar-refractivity contribution in [2.45, 2.75) is 20.1 Å². The van der Waals surface area contributed by atoms with Crippen LogP contribution < -0.4 is 4.74 Å². The van der Waals surface area contributed by atoms with Gasteiger partial charge in [0.1, 0.15) is 5.75 Å². The molecule has 0 atom stereocenters. The predicted octanol–water partition coefficient (Wildman–Crippen LogP) is 3.44. The molecule has 1 aliphatic heterocycles. The SMILES string of the molecule is CCOc1ccc(-c2nn(CN3CCN(Cc4ccccn4)CC3)c(=S)o2)cc1. The second kappa shape index (κ2) is 9.30. The number of nitrogens with zero attached hydrogens (tertiary/aromatic N) is 5. The summed E-state index contributed by atoms with van der Waals surface area (Å²) in [7, 11) is 0. The molecule has 0 unspecified atom stereocenters. The van der Waals surface area contributed by atoms with Crippen molar-refractivity contribution in [3.63, 3.8) is 0 Å². The Kier molecular flexibility index (Phi) is 6.33. The molecule has 0 saturated carbocycles. The molecule has 3 heterocycles. The Balaban J connectivity index is 1.34. The van der Waals surface area contributed by atoms with Gasteiger partial charge in [-0.05, 0) is 55.5 Å². The van der Waals surface area contributed by atoms with Crippen LogP contribution in [0, 0.1) is 4.84 Å². The molecule has 8 heteroatoms. The monoisotopic (exact) mass is 411 g/mol. The Morgan fingerprint density at radius 3 is 2.48 bits per heavy atom. The Bertz CT molecular complexity index is 963. The molecule has 0 N–H and O–H groups in total. The number of hydrogen-bond acceptors (Lipinski definition) is 7. The molecule has 1 saturated heterocycles. The number of piperazine rings is 1. The molecule has 0 amide bonds. The summed E-state index contributed by atoms with van der Waals surface area (Å²) in [6.45, 7) is 8.04. The molecule has 3 aromatic rings. The smallest absolute Gasteiger partial charge is 0.288 e. The summed E-state index contributed by atoms with van der Waals surface area (Å²) in [5.74, 6) is 1.37. The Morgan fingerprint density at radius 2 is 1.79 bits per heavy atom.